The monoisotopic (exact) mass is 393 g/mol. The molecule has 142 valence electrons. The van der Waals surface area contributed by atoms with Crippen LogP contribution in [0.5, 0.6) is 0 Å². The fraction of sp³-hybridized carbons (Fsp3) is 0.333. The molecular weight excluding hydrogens is 365 g/mol. The quantitative estimate of drug-likeness (QED) is 0.533. The van der Waals surface area contributed by atoms with Crippen LogP contribution in [-0.4, -0.2) is 31.6 Å². The molecule has 3 N–H and O–H groups in total. The highest BCUT2D eigenvalue weighted by molar-refractivity contribution is 6.34. The van der Waals surface area contributed by atoms with Gasteiger partial charge in [0.25, 0.3) is 0 Å². The molecule has 0 saturated carbocycles. The number of nitrogens with zero attached hydrogens (tertiary/aromatic N) is 1. The van der Waals surface area contributed by atoms with Gasteiger partial charge in [0, 0.05) is 47.5 Å². The van der Waals surface area contributed by atoms with Gasteiger partial charge in [-0.15, -0.1) is 0 Å². The van der Waals surface area contributed by atoms with E-state index in [4.69, 9.17) is 28.9 Å². The van der Waals surface area contributed by atoms with Crippen molar-refractivity contribution in [3.63, 3.8) is 0 Å². The molecule has 1 rings (SSSR count). The number of hydrogen-bond donors (Lipinski definition) is 2. The highest BCUT2D eigenvalue weighted by atomic mass is 35.5. The van der Waals surface area contributed by atoms with Crippen molar-refractivity contribution >= 4 is 28.8 Å². The van der Waals surface area contributed by atoms with E-state index in [2.05, 4.69) is 29.8 Å². The first-order chi connectivity index (χ1) is 12.4. The Morgan fingerprint density at radius 1 is 1.27 bits per heavy atom. The Morgan fingerprint density at radius 3 is 2.46 bits per heavy atom. The molecule has 1 aromatic rings. The van der Waals surface area contributed by atoms with Gasteiger partial charge >= 0.3 is 0 Å². The molecule has 0 atom stereocenters. The molecule has 0 aromatic heterocycles. The second kappa shape index (κ2) is 11.8. The summed E-state index contributed by atoms with van der Waals surface area (Å²) in [6, 6.07) is 5.53. The van der Waals surface area contributed by atoms with Crippen LogP contribution < -0.4 is 11.1 Å². The molecule has 0 aliphatic heterocycles. The molecule has 0 unspecified atom stereocenters. The molecule has 0 spiro atoms. The first kappa shape index (κ1) is 22.4. The number of nitrogens with two attached hydrogens (primary N) is 1. The summed E-state index contributed by atoms with van der Waals surface area (Å²) in [5.74, 6) is 0. The van der Waals surface area contributed by atoms with E-state index in [1.165, 1.54) is 0 Å². The highest BCUT2D eigenvalue weighted by Crippen LogP contribution is 2.24. The minimum atomic E-state index is 0.628. The van der Waals surface area contributed by atoms with Crippen LogP contribution >= 0.6 is 23.2 Å². The molecule has 0 radical (unpaired) electrons. The highest BCUT2D eigenvalue weighted by Gasteiger charge is 2.05. The summed E-state index contributed by atoms with van der Waals surface area (Å²) in [7, 11) is 1.95. The lowest BCUT2D eigenvalue weighted by Gasteiger charge is -2.24. The molecule has 0 saturated heterocycles. The Hall–Kier alpha value is -1.68. The summed E-state index contributed by atoms with van der Waals surface area (Å²) >= 11 is 12.2. The summed E-state index contributed by atoms with van der Waals surface area (Å²) in [5, 5.41) is 4.43. The second-order valence-electron chi connectivity index (χ2n) is 5.98. The SMILES string of the molecule is C=C/C=C(\C=C(\N)C/C=C(\C)c1cc(Cl)cc(Cl)c1)N(CC)CCNC. The zero-order valence-corrected chi connectivity index (χ0v) is 17.4. The van der Waals surface area contributed by atoms with E-state index in [0.717, 1.165) is 42.2 Å². The minimum absolute atomic E-state index is 0.628. The molecule has 1 aromatic carbocycles. The molecule has 5 heteroatoms. The van der Waals surface area contributed by atoms with E-state index in [-0.39, 0.29) is 0 Å². The normalized spacial score (nSPS) is 13.0. The van der Waals surface area contributed by atoms with Gasteiger partial charge in [0.05, 0.1) is 0 Å². The Labute approximate surface area is 167 Å². The van der Waals surface area contributed by atoms with E-state index >= 15 is 0 Å². The van der Waals surface area contributed by atoms with Crippen LogP contribution in [0.4, 0.5) is 0 Å². The lowest BCUT2D eigenvalue weighted by Crippen LogP contribution is -2.30. The van der Waals surface area contributed by atoms with Gasteiger partial charge in [-0.05, 0) is 62.4 Å². The third-order valence-corrected chi connectivity index (χ3v) is 4.40. The first-order valence-electron chi connectivity index (χ1n) is 8.72. The van der Waals surface area contributed by atoms with Gasteiger partial charge in [-0.2, -0.15) is 0 Å². The fourth-order valence-electron chi connectivity index (χ4n) is 2.50. The van der Waals surface area contributed by atoms with Crippen LogP contribution in [0.25, 0.3) is 5.57 Å². The van der Waals surface area contributed by atoms with Crippen LogP contribution in [0.1, 0.15) is 25.8 Å². The Balaban J connectivity index is 2.92. The maximum atomic E-state index is 6.26. The van der Waals surface area contributed by atoms with Gasteiger partial charge in [0.1, 0.15) is 0 Å². The average Bonchev–Trinajstić information content (AvgIpc) is 2.59. The average molecular weight is 394 g/mol. The molecule has 0 amide bonds. The van der Waals surface area contributed by atoms with Crippen LogP contribution in [0.15, 0.2) is 60.5 Å². The second-order valence-corrected chi connectivity index (χ2v) is 6.85. The Kier molecular flexibility index (Phi) is 10.2. The predicted octanol–water partition coefficient (Wildman–Crippen LogP) is 5.24. The number of benzene rings is 1. The van der Waals surface area contributed by atoms with Gasteiger partial charge < -0.3 is 16.0 Å². The standard InChI is InChI=1S/C21H29Cl2N3/c1-5-7-21(26(6-2)11-10-25-4)15-20(24)9-8-16(3)17-12-18(22)14-19(23)13-17/h5,7-8,12-15,25H,1,6,9-11,24H2,2-4H3/b16-8+,20-15+,21-7+. The third kappa shape index (κ3) is 7.69. The van der Waals surface area contributed by atoms with Crippen molar-refractivity contribution in [1.29, 1.82) is 0 Å². The van der Waals surface area contributed by atoms with Crippen LogP contribution in [0.3, 0.4) is 0 Å². The third-order valence-electron chi connectivity index (χ3n) is 3.96. The zero-order chi connectivity index (χ0) is 19.5. The van der Waals surface area contributed by atoms with E-state index in [1.807, 2.05) is 38.3 Å². The van der Waals surface area contributed by atoms with Gasteiger partial charge in [0.15, 0.2) is 0 Å². The van der Waals surface area contributed by atoms with Crippen molar-refractivity contribution in [1.82, 2.24) is 10.2 Å². The van der Waals surface area contributed by atoms with E-state index in [0.29, 0.717) is 16.5 Å². The summed E-state index contributed by atoms with van der Waals surface area (Å²) < 4.78 is 0. The summed E-state index contributed by atoms with van der Waals surface area (Å²) in [6.07, 6.45) is 8.52. The van der Waals surface area contributed by atoms with Crippen molar-refractivity contribution in [2.45, 2.75) is 20.3 Å². The molecule has 0 bridgehead atoms. The van der Waals surface area contributed by atoms with Gasteiger partial charge in [0.2, 0.25) is 0 Å². The van der Waals surface area contributed by atoms with E-state index in [9.17, 15) is 0 Å². The van der Waals surface area contributed by atoms with Gasteiger partial charge in [-0.1, -0.05) is 41.9 Å². The van der Waals surface area contributed by atoms with Crippen molar-refractivity contribution in [3.05, 3.63) is 76.1 Å². The van der Waals surface area contributed by atoms with Crippen molar-refractivity contribution in [3.8, 4) is 0 Å². The molecule has 0 aliphatic rings. The Bertz CT molecular complexity index is 670. The number of allylic oxidation sites excluding steroid dienone is 5. The smallest absolute Gasteiger partial charge is 0.0426 e. The van der Waals surface area contributed by atoms with Gasteiger partial charge in [-0.3, -0.25) is 0 Å². The van der Waals surface area contributed by atoms with Crippen molar-refractivity contribution < 1.29 is 0 Å². The van der Waals surface area contributed by atoms with Crippen molar-refractivity contribution in [2.75, 3.05) is 26.7 Å². The lowest BCUT2D eigenvalue weighted by atomic mass is 10.1. The minimum Gasteiger partial charge on any atom is -0.402 e. The molecule has 26 heavy (non-hydrogen) atoms. The maximum Gasteiger partial charge on any atom is 0.0426 e. The summed E-state index contributed by atoms with van der Waals surface area (Å²) in [6.45, 7) is 10.7. The largest absolute Gasteiger partial charge is 0.402 e. The summed E-state index contributed by atoms with van der Waals surface area (Å²) in [4.78, 5) is 2.26. The number of nitrogens with one attached hydrogen (secondary N) is 1. The van der Waals surface area contributed by atoms with Crippen LogP contribution in [0, 0.1) is 0 Å². The lowest BCUT2D eigenvalue weighted by molar-refractivity contribution is 0.373. The molecule has 0 heterocycles. The van der Waals surface area contributed by atoms with E-state index < -0.39 is 0 Å². The predicted molar refractivity (Wildman–Crippen MR) is 116 cm³/mol. The molecule has 3 nitrogen and oxygen atoms in total. The number of halogens is 2. The molecular formula is C21H29Cl2N3. The van der Waals surface area contributed by atoms with Crippen LogP contribution in [0.2, 0.25) is 10.0 Å². The molecule has 0 aliphatic carbocycles. The topological polar surface area (TPSA) is 41.3 Å². The van der Waals surface area contributed by atoms with Crippen LogP contribution in [-0.2, 0) is 0 Å². The van der Waals surface area contributed by atoms with Crippen molar-refractivity contribution in [2.24, 2.45) is 5.73 Å². The number of likely N-dealkylation sites (N-methyl/N-ethyl adjacent to an activating group) is 2. The summed E-state index contributed by atoms with van der Waals surface area (Å²) in [5.41, 5.74) is 10.2. The fourth-order valence-corrected chi connectivity index (χ4v) is 3.03. The zero-order valence-electron chi connectivity index (χ0n) is 15.9. The number of hydrogen-bond acceptors (Lipinski definition) is 3. The Morgan fingerprint density at radius 2 is 1.92 bits per heavy atom. The maximum absolute atomic E-state index is 6.26. The van der Waals surface area contributed by atoms with Gasteiger partial charge in [-0.25, -0.2) is 0 Å². The van der Waals surface area contributed by atoms with E-state index in [1.54, 1.807) is 12.1 Å². The number of rotatable bonds is 10. The molecule has 0 fully saturated rings. The first-order valence-corrected chi connectivity index (χ1v) is 9.48.